The Balaban J connectivity index is 2.12. The van der Waals surface area contributed by atoms with Crippen LogP contribution in [0.25, 0.3) is 0 Å². The van der Waals surface area contributed by atoms with E-state index in [2.05, 4.69) is 36.8 Å². The van der Waals surface area contributed by atoms with Gasteiger partial charge in [0.2, 0.25) is 0 Å². The summed E-state index contributed by atoms with van der Waals surface area (Å²) in [6.45, 7) is 1.16. The van der Waals surface area contributed by atoms with Crippen molar-refractivity contribution in [3.63, 3.8) is 0 Å². The molecule has 0 saturated carbocycles. The largest absolute Gasteiger partial charge is 0.486 e. The summed E-state index contributed by atoms with van der Waals surface area (Å²) < 4.78 is 7.66. The van der Waals surface area contributed by atoms with Gasteiger partial charge >= 0.3 is 0 Å². The molecule has 1 aromatic heterocycles. The molecule has 2 rings (SSSR count). The Kier molecular flexibility index (Phi) is 5.17. The third-order valence-electron chi connectivity index (χ3n) is 2.33. The molecule has 96 valence electrons. The lowest BCUT2D eigenvalue weighted by Gasteiger charge is -2.11. The predicted molar refractivity (Wildman–Crippen MR) is 81.0 cm³/mol. The lowest BCUT2D eigenvalue weighted by Crippen LogP contribution is -2.03. The Labute approximate surface area is 127 Å². The van der Waals surface area contributed by atoms with E-state index >= 15 is 0 Å². The minimum absolute atomic E-state index is 0.526. The van der Waals surface area contributed by atoms with E-state index in [1.165, 1.54) is 5.56 Å². The molecule has 0 aliphatic carbocycles. The van der Waals surface area contributed by atoms with Crippen molar-refractivity contribution in [3.05, 3.63) is 43.2 Å². The summed E-state index contributed by atoms with van der Waals surface area (Å²) in [5.74, 6) is 0.809. The Bertz CT molecular complexity index is 494. The van der Waals surface area contributed by atoms with Gasteiger partial charge < -0.3 is 10.5 Å². The van der Waals surface area contributed by atoms with Crippen molar-refractivity contribution < 1.29 is 4.74 Å². The number of benzene rings is 1. The van der Waals surface area contributed by atoms with E-state index in [4.69, 9.17) is 10.5 Å². The molecule has 0 atom stereocenters. The average molecular weight is 392 g/mol. The van der Waals surface area contributed by atoms with Gasteiger partial charge in [-0.15, -0.1) is 11.3 Å². The Morgan fingerprint density at radius 1 is 1.28 bits per heavy atom. The molecule has 3 nitrogen and oxygen atoms in total. The highest BCUT2D eigenvalue weighted by Gasteiger charge is 2.09. The van der Waals surface area contributed by atoms with Gasteiger partial charge in [-0.25, -0.2) is 0 Å². The highest BCUT2D eigenvalue weighted by molar-refractivity contribution is 9.11. The number of nitrogens with two attached hydrogens (primary N) is 1. The molecule has 2 aromatic rings. The first-order valence-electron chi connectivity index (χ1n) is 5.39. The van der Waals surface area contributed by atoms with Gasteiger partial charge in [0, 0.05) is 6.20 Å². The van der Waals surface area contributed by atoms with Crippen molar-refractivity contribution in [2.45, 2.75) is 13.0 Å². The van der Waals surface area contributed by atoms with Gasteiger partial charge in [0.25, 0.3) is 0 Å². The molecular formula is C12H12Br2N2OS. The van der Waals surface area contributed by atoms with Crippen LogP contribution in [0.4, 0.5) is 0 Å². The molecule has 1 aromatic carbocycles. The highest BCUT2D eigenvalue weighted by atomic mass is 79.9. The summed E-state index contributed by atoms with van der Waals surface area (Å²) in [5.41, 5.74) is 8.53. The van der Waals surface area contributed by atoms with Crippen LogP contribution in [0.5, 0.6) is 5.75 Å². The molecular weight excluding hydrogens is 380 g/mol. The summed E-state index contributed by atoms with van der Waals surface area (Å²) in [4.78, 5) is 5.12. The molecule has 0 aliphatic rings. The minimum Gasteiger partial charge on any atom is -0.486 e. The van der Waals surface area contributed by atoms with Crippen molar-refractivity contribution in [2.75, 3.05) is 6.54 Å². The molecule has 0 amide bonds. The maximum atomic E-state index is 5.79. The topological polar surface area (TPSA) is 48.1 Å². The van der Waals surface area contributed by atoms with Gasteiger partial charge in [0.05, 0.1) is 19.3 Å². The monoisotopic (exact) mass is 390 g/mol. The number of hydrogen-bond donors (Lipinski definition) is 1. The Morgan fingerprint density at radius 2 is 2.00 bits per heavy atom. The lowest BCUT2D eigenvalue weighted by molar-refractivity contribution is 0.305. The number of aromatic nitrogens is 1. The standard InChI is InChI=1S/C12H12Br2N2OS/c13-10-3-8(1-2-15)4-11(14)12(10)17-6-9-5-16-7-18-9/h3-5,7H,1-2,6,15H2. The van der Waals surface area contributed by atoms with Crippen LogP contribution in [0.2, 0.25) is 0 Å². The summed E-state index contributed by atoms with van der Waals surface area (Å²) in [6.07, 6.45) is 2.67. The third kappa shape index (κ3) is 3.54. The van der Waals surface area contributed by atoms with E-state index in [-0.39, 0.29) is 0 Å². The summed E-state index contributed by atoms with van der Waals surface area (Å²) in [7, 11) is 0. The molecule has 0 bridgehead atoms. The van der Waals surface area contributed by atoms with Gasteiger partial charge in [-0.05, 0) is 62.5 Å². The molecule has 6 heteroatoms. The van der Waals surface area contributed by atoms with E-state index in [1.807, 2.05) is 18.3 Å². The molecule has 0 aliphatic heterocycles. The minimum atomic E-state index is 0.526. The molecule has 2 N–H and O–H groups in total. The van der Waals surface area contributed by atoms with Crippen LogP contribution < -0.4 is 10.5 Å². The first-order chi connectivity index (χ1) is 8.70. The van der Waals surface area contributed by atoms with Crippen molar-refractivity contribution in [1.82, 2.24) is 4.98 Å². The molecule has 0 radical (unpaired) electrons. The second-order valence-corrected chi connectivity index (χ2v) is 6.36. The van der Waals surface area contributed by atoms with Crippen LogP contribution in [0.1, 0.15) is 10.4 Å². The normalized spacial score (nSPS) is 10.6. The zero-order chi connectivity index (χ0) is 13.0. The fourth-order valence-electron chi connectivity index (χ4n) is 1.52. The first-order valence-corrected chi connectivity index (χ1v) is 7.85. The van der Waals surface area contributed by atoms with Crippen molar-refractivity contribution in [2.24, 2.45) is 5.73 Å². The van der Waals surface area contributed by atoms with Crippen LogP contribution in [0, 0.1) is 0 Å². The van der Waals surface area contributed by atoms with Crippen molar-refractivity contribution in [1.29, 1.82) is 0 Å². The average Bonchev–Trinajstić information content (AvgIpc) is 2.81. The van der Waals surface area contributed by atoms with Gasteiger partial charge in [-0.3, -0.25) is 4.98 Å². The highest BCUT2D eigenvalue weighted by Crippen LogP contribution is 2.35. The lowest BCUT2D eigenvalue weighted by atomic mass is 10.1. The second-order valence-electron chi connectivity index (χ2n) is 3.68. The summed E-state index contributed by atoms with van der Waals surface area (Å²) in [5, 5.41) is 0. The molecule has 18 heavy (non-hydrogen) atoms. The number of rotatable bonds is 5. The second kappa shape index (κ2) is 6.65. The molecule has 0 fully saturated rings. The van der Waals surface area contributed by atoms with E-state index in [1.54, 1.807) is 16.8 Å². The quantitative estimate of drug-likeness (QED) is 0.844. The number of halogens is 2. The number of ether oxygens (including phenoxy) is 1. The maximum Gasteiger partial charge on any atom is 0.148 e. The van der Waals surface area contributed by atoms with Crippen LogP contribution in [-0.2, 0) is 13.0 Å². The zero-order valence-electron chi connectivity index (χ0n) is 9.53. The molecule has 1 heterocycles. The van der Waals surface area contributed by atoms with E-state index in [0.717, 1.165) is 26.0 Å². The molecule has 0 spiro atoms. The van der Waals surface area contributed by atoms with Gasteiger partial charge in [-0.1, -0.05) is 0 Å². The van der Waals surface area contributed by atoms with Crippen molar-refractivity contribution >= 4 is 43.2 Å². The first kappa shape index (κ1) is 14.0. The SMILES string of the molecule is NCCc1cc(Br)c(OCc2cncs2)c(Br)c1. The molecule has 0 unspecified atom stereocenters. The third-order valence-corrected chi connectivity index (χ3v) is 4.26. The Morgan fingerprint density at radius 3 is 2.56 bits per heavy atom. The number of thiazole rings is 1. The Hall–Kier alpha value is -0.430. The predicted octanol–water partition coefficient (Wildman–Crippen LogP) is 3.75. The molecule has 0 saturated heterocycles. The fourth-order valence-corrected chi connectivity index (χ4v) is 3.53. The smallest absolute Gasteiger partial charge is 0.148 e. The fraction of sp³-hybridized carbons (Fsp3) is 0.250. The van der Waals surface area contributed by atoms with E-state index in [9.17, 15) is 0 Å². The summed E-state index contributed by atoms with van der Waals surface area (Å²) >= 11 is 8.63. The van der Waals surface area contributed by atoms with E-state index < -0.39 is 0 Å². The van der Waals surface area contributed by atoms with E-state index in [0.29, 0.717) is 13.2 Å². The van der Waals surface area contributed by atoms with Crippen LogP contribution >= 0.6 is 43.2 Å². The maximum absolute atomic E-state index is 5.79. The number of hydrogen-bond acceptors (Lipinski definition) is 4. The van der Waals surface area contributed by atoms with Crippen LogP contribution in [0.3, 0.4) is 0 Å². The number of nitrogens with zero attached hydrogens (tertiary/aromatic N) is 1. The van der Waals surface area contributed by atoms with Crippen molar-refractivity contribution in [3.8, 4) is 5.75 Å². The van der Waals surface area contributed by atoms with Gasteiger partial charge in [0.1, 0.15) is 12.4 Å². The van der Waals surface area contributed by atoms with Gasteiger partial charge in [0.15, 0.2) is 0 Å². The van der Waals surface area contributed by atoms with Crippen LogP contribution in [0.15, 0.2) is 32.8 Å². The zero-order valence-corrected chi connectivity index (χ0v) is 13.5. The van der Waals surface area contributed by atoms with Gasteiger partial charge in [-0.2, -0.15) is 0 Å². The summed E-state index contributed by atoms with van der Waals surface area (Å²) in [6, 6.07) is 4.08. The van der Waals surface area contributed by atoms with Crippen LogP contribution in [-0.4, -0.2) is 11.5 Å².